The van der Waals surface area contributed by atoms with E-state index in [4.69, 9.17) is 15.2 Å². The summed E-state index contributed by atoms with van der Waals surface area (Å²) in [6, 6.07) is 0. The molecule has 3 N–H and O–H groups in total. The topological polar surface area (TPSA) is 64.7 Å². The maximum atomic E-state index is 10.5. The van der Waals surface area contributed by atoms with Gasteiger partial charge >= 0.3 is 0 Å². The number of hydrogen-bond acceptors (Lipinski definition) is 4. The highest BCUT2D eigenvalue weighted by molar-refractivity contribution is 5.10. The van der Waals surface area contributed by atoms with Crippen LogP contribution in [0.1, 0.15) is 26.2 Å². The highest BCUT2D eigenvalue weighted by Crippen LogP contribution is 2.52. The van der Waals surface area contributed by atoms with Gasteiger partial charge in [-0.15, -0.1) is 0 Å². The summed E-state index contributed by atoms with van der Waals surface area (Å²) in [5.41, 5.74) is 4.67. The third-order valence-corrected chi connectivity index (χ3v) is 4.18. The summed E-state index contributed by atoms with van der Waals surface area (Å²) in [4.78, 5) is 0. The van der Waals surface area contributed by atoms with Crippen molar-refractivity contribution in [2.24, 2.45) is 11.1 Å². The Morgan fingerprint density at radius 1 is 1.60 bits per heavy atom. The van der Waals surface area contributed by atoms with Gasteiger partial charge in [-0.2, -0.15) is 0 Å². The molecular formula is C11H21NO3. The zero-order valence-corrected chi connectivity index (χ0v) is 9.53. The van der Waals surface area contributed by atoms with E-state index in [-0.39, 0.29) is 11.5 Å². The minimum atomic E-state index is -0.893. The molecule has 0 aromatic rings. The van der Waals surface area contributed by atoms with Crippen molar-refractivity contribution in [3.63, 3.8) is 0 Å². The second kappa shape index (κ2) is 3.70. The number of ether oxygens (including phenoxy) is 2. The Morgan fingerprint density at radius 3 is 2.73 bits per heavy atom. The van der Waals surface area contributed by atoms with Crippen LogP contribution in [-0.2, 0) is 9.47 Å². The first kappa shape index (κ1) is 11.3. The van der Waals surface area contributed by atoms with Crippen molar-refractivity contribution in [2.45, 2.75) is 44.0 Å². The van der Waals surface area contributed by atoms with Crippen molar-refractivity contribution in [3.8, 4) is 0 Å². The molecular weight excluding hydrogens is 194 g/mol. The molecule has 2 saturated heterocycles. The van der Waals surface area contributed by atoms with Crippen molar-refractivity contribution in [2.75, 3.05) is 20.3 Å². The van der Waals surface area contributed by atoms with Crippen molar-refractivity contribution in [3.05, 3.63) is 0 Å². The van der Waals surface area contributed by atoms with Crippen LogP contribution in [0.3, 0.4) is 0 Å². The lowest BCUT2D eigenvalue weighted by atomic mass is 9.64. The first-order valence-electron chi connectivity index (χ1n) is 5.62. The van der Waals surface area contributed by atoms with Crippen molar-refractivity contribution in [1.82, 2.24) is 0 Å². The van der Waals surface area contributed by atoms with Gasteiger partial charge < -0.3 is 20.3 Å². The van der Waals surface area contributed by atoms with Crippen LogP contribution < -0.4 is 5.73 Å². The lowest BCUT2D eigenvalue weighted by Gasteiger charge is -2.45. The van der Waals surface area contributed by atoms with E-state index in [1.54, 1.807) is 7.11 Å². The average molecular weight is 215 g/mol. The molecule has 88 valence electrons. The van der Waals surface area contributed by atoms with Crippen molar-refractivity contribution >= 4 is 0 Å². The highest BCUT2D eigenvalue weighted by Gasteiger charge is 2.60. The molecule has 0 amide bonds. The average Bonchev–Trinajstić information content (AvgIpc) is 2.76. The van der Waals surface area contributed by atoms with Crippen LogP contribution in [0.4, 0.5) is 0 Å². The van der Waals surface area contributed by atoms with Gasteiger partial charge in [0.05, 0.1) is 24.4 Å². The summed E-state index contributed by atoms with van der Waals surface area (Å²) in [5, 5.41) is 10.5. The van der Waals surface area contributed by atoms with E-state index in [1.165, 1.54) is 0 Å². The lowest BCUT2D eigenvalue weighted by Crippen LogP contribution is -2.58. The predicted octanol–water partition coefficient (Wildman–Crippen LogP) is 0.280. The summed E-state index contributed by atoms with van der Waals surface area (Å²) in [6.07, 6.45) is 3.39. The van der Waals surface area contributed by atoms with Crippen LogP contribution >= 0.6 is 0 Å². The van der Waals surface area contributed by atoms with Crippen LogP contribution in [0.2, 0.25) is 0 Å². The molecule has 4 heteroatoms. The molecule has 2 aliphatic rings. The fourth-order valence-corrected chi connectivity index (χ4v) is 3.23. The Labute approximate surface area is 90.7 Å². The Bertz CT molecular complexity index is 244. The summed E-state index contributed by atoms with van der Waals surface area (Å²) < 4.78 is 10.9. The van der Waals surface area contributed by atoms with Gasteiger partial charge in [0.25, 0.3) is 0 Å². The second-order valence-corrected chi connectivity index (χ2v) is 5.10. The molecule has 2 heterocycles. The largest absolute Gasteiger partial charge is 0.387 e. The third kappa shape index (κ3) is 1.51. The van der Waals surface area contributed by atoms with Gasteiger partial charge in [0, 0.05) is 19.1 Å². The maximum Gasteiger partial charge on any atom is 0.0945 e. The molecule has 0 aromatic heterocycles. The van der Waals surface area contributed by atoms with Crippen LogP contribution in [0, 0.1) is 5.41 Å². The number of nitrogens with two attached hydrogens (primary N) is 1. The molecule has 0 aliphatic carbocycles. The minimum absolute atomic E-state index is 0.109. The Hall–Kier alpha value is -0.160. The number of hydrogen-bond donors (Lipinski definition) is 2. The normalized spacial score (nSPS) is 43.2. The van der Waals surface area contributed by atoms with Gasteiger partial charge in [0.15, 0.2) is 0 Å². The molecule has 2 fully saturated rings. The van der Waals surface area contributed by atoms with Crippen molar-refractivity contribution in [1.29, 1.82) is 0 Å². The molecule has 4 atom stereocenters. The zero-order chi connectivity index (χ0) is 11.1. The fourth-order valence-electron chi connectivity index (χ4n) is 3.23. The van der Waals surface area contributed by atoms with Gasteiger partial charge in [0.2, 0.25) is 0 Å². The Kier molecular flexibility index (Phi) is 2.79. The lowest BCUT2D eigenvalue weighted by molar-refractivity contribution is -0.132. The minimum Gasteiger partial charge on any atom is -0.387 e. The number of rotatable bonds is 4. The molecule has 0 radical (unpaired) electrons. The van der Waals surface area contributed by atoms with Gasteiger partial charge in [-0.25, -0.2) is 0 Å². The van der Waals surface area contributed by atoms with E-state index in [0.717, 1.165) is 19.3 Å². The predicted molar refractivity (Wildman–Crippen MR) is 56.5 cm³/mol. The molecule has 15 heavy (non-hydrogen) atoms. The summed E-state index contributed by atoms with van der Waals surface area (Å²) in [5.74, 6) is 0. The first-order chi connectivity index (χ1) is 7.05. The Morgan fingerprint density at radius 2 is 2.33 bits per heavy atom. The number of fused-ring (bicyclic) bond motifs is 2. The fraction of sp³-hybridized carbons (Fsp3) is 1.00. The van der Waals surface area contributed by atoms with E-state index in [2.05, 4.69) is 0 Å². The summed E-state index contributed by atoms with van der Waals surface area (Å²) >= 11 is 0. The van der Waals surface area contributed by atoms with Crippen LogP contribution in [0.25, 0.3) is 0 Å². The molecule has 2 bridgehead atoms. The van der Waals surface area contributed by atoms with Crippen LogP contribution in [0.5, 0.6) is 0 Å². The van der Waals surface area contributed by atoms with Crippen molar-refractivity contribution < 1.29 is 14.6 Å². The number of methoxy groups -OCH3 is 1. The van der Waals surface area contributed by atoms with Gasteiger partial charge in [-0.3, -0.25) is 0 Å². The Balaban J connectivity index is 2.22. The highest BCUT2D eigenvalue weighted by atomic mass is 16.5. The second-order valence-electron chi connectivity index (χ2n) is 5.10. The van der Waals surface area contributed by atoms with Crippen LogP contribution in [0.15, 0.2) is 0 Å². The third-order valence-electron chi connectivity index (χ3n) is 4.18. The van der Waals surface area contributed by atoms with Gasteiger partial charge in [0.1, 0.15) is 0 Å². The molecule has 0 saturated carbocycles. The van der Waals surface area contributed by atoms with E-state index in [0.29, 0.717) is 19.3 Å². The summed E-state index contributed by atoms with van der Waals surface area (Å²) in [6.45, 7) is 2.59. The van der Waals surface area contributed by atoms with Gasteiger partial charge in [-0.05, 0) is 26.2 Å². The van der Waals surface area contributed by atoms with Crippen LogP contribution in [-0.4, -0.2) is 43.2 Å². The molecule has 4 unspecified atom stereocenters. The monoisotopic (exact) mass is 215 g/mol. The number of aliphatic hydroxyl groups is 1. The maximum absolute atomic E-state index is 10.5. The molecule has 4 nitrogen and oxygen atoms in total. The summed E-state index contributed by atoms with van der Waals surface area (Å²) in [7, 11) is 1.60. The van der Waals surface area contributed by atoms with E-state index in [1.807, 2.05) is 6.92 Å². The van der Waals surface area contributed by atoms with E-state index >= 15 is 0 Å². The molecule has 2 aliphatic heterocycles. The molecule has 0 aromatic carbocycles. The van der Waals surface area contributed by atoms with E-state index in [9.17, 15) is 5.11 Å². The molecule has 2 rings (SSSR count). The smallest absolute Gasteiger partial charge is 0.0945 e. The zero-order valence-electron chi connectivity index (χ0n) is 9.53. The first-order valence-corrected chi connectivity index (χ1v) is 5.62. The molecule has 0 spiro atoms. The van der Waals surface area contributed by atoms with E-state index < -0.39 is 5.60 Å². The van der Waals surface area contributed by atoms with Gasteiger partial charge in [-0.1, -0.05) is 0 Å². The standard InChI is InChI=1S/C11H21NO3/c1-10(13,7-14-2)11(6-12)5-8-3-4-9(11)15-8/h8-9,13H,3-7,12H2,1-2H3. The SMILES string of the molecule is COCC(C)(O)C1(CN)CC2CCC1O2. The quantitative estimate of drug-likeness (QED) is 0.707.